The molecule has 2 N–H and O–H groups in total. The van der Waals surface area contributed by atoms with Crippen LogP contribution < -0.4 is 5.73 Å². The van der Waals surface area contributed by atoms with Crippen LogP contribution in [0.1, 0.15) is 13.8 Å². The Kier molecular flexibility index (Phi) is 4.18. The van der Waals surface area contributed by atoms with Crippen LogP contribution >= 0.6 is 0 Å². The van der Waals surface area contributed by atoms with Crippen molar-refractivity contribution in [1.82, 2.24) is 4.90 Å². The van der Waals surface area contributed by atoms with Crippen molar-refractivity contribution >= 4 is 5.97 Å². The summed E-state index contributed by atoms with van der Waals surface area (Å²) in [6.45, 7) is 3.58. The molecule has 0 amide bonds. The number of rotatable bonds is 3. The Hall–Kier alpha value is -1.19. The molecular formula is C8H16N2O2. The minimum atomic E-state index is -0.406. The van der Waals surface area contributed by atoms with Gasteiger partial charge in [0.15, 0.2) is 0 Å². The molecule has 70 valence electrons. The van der Waals surface area contributed by atoms with E-state index < -0.39 is 5.97 Å². The van der Waals surface area contributed by atoms with Crippen LogP contribution in [0.5, 0.6) is 0 Å². The molecule has 0 bridgehead atoms. The van der Waals surface area contributed by atoms with Crippen LogP contribution in [-0.2, 0) is 9.53 Å². The first-order valence-corrected chi connectivity index (χ1v) is 3.78. The van der Waals surface area contributed by atoms with E-state index >= 15 is 0 Å². The highest BCUT2D eigenvalue weighted by Gasteiger charge is 2.03. The van der Waals surface area contributed by atoms with Gasteiger partial charge in [0.25, 0.3) is 0 Å². The number of hydrogen-bond acceptors (Lipinski definition) is 4. The van der Waals surface area contributed by atoms with Crippen LogP contribution in [0.2, 0.25) is 0 Å². The standard InChI is InChI=1S/C8H16N2O2/c1-6(2)12-8(11)5-7(9)10(3)4/h5-6H,9H2,1-4H3/b7-5-. The minimum absolute atomic E-state index is 0.108. The maximum atomic E-state index is 11.0. The van der Waals surface area contributed by atoms with Crippen molar-refractivity contribution < 1.29 is 9.53 Å². The number of carbonyl (C=O) groups excluding carboxylic acids is 1. The molecule has 0 unspecified atom stereocenters. The van der Waals surface area contributed by atoms with Gasteiger partial charge in [-0.15, -0.1) is 0 Å². The molecule has 0 fully saturated rings. The summed E-state index contributed by atoms with van der Waals surface area (Å²) in [6.07, 6.45) is 1.16. The van der Waals surface area contributed by atoms with E-state index in [-0.39, 0.29) is 6.10 Å². The molecule has 0 radical (unpaired) electrons. The highest BCUT2D eigenvalue weighted by molar-refractivity contribution is 5.82. The Balaban J connectivity index is 4.06. The van der Waals surface area contributed by atoms with Gasteiger partial charge in [-0.25, -0.2) is 4.79 Å². The van der Waals surface area contributed by atoms with Crippen molar-refractivity contribution in [3.05, 3.63) is 11.9 Å². The van der Waals surface area contributed by atoms with Crippen LogP contribution in [0, 0.1) is 0 Å². The summed E-state index contributed by atoms with van der Waals surface area (Å²) in [5, 5.41) is 0. The fourth-order valence-corrected chi connectivity index (χ4v) is 0.516. The minimum Gasteiger partial charge on any atom is -0.460 e. The molecule has 0 saturated heterocycles. The average Bonchev–Trinajstić information content (AvgIpc) is 1.84. The van der Waals surface area contributed by atoms with Crippen molar-refractivity contribution in [1.29, 1.82) is 0 Å². The average molecular weight is 172 g/mol. The highest BCUT2D eigenvalue weighted by atomic mass is 16.5. The first-order chi connectivity index (χ1) is 5.43. The fourth-order valence-electron chi connectivity index (χ4n) is 0.516. The molecule has 0 aliphatic heterocycles. The van der Waals surface area contributed by atoms with Gasteiger partial charge in [-0.05, 0) is 13.8 Å². The number of hydrogen-bond donors (Lipinski definition) is 1. The SMILES string of the molecule is CC(C)OC(=O)/C=C(/N)N(C)C. The lowest BCUT2D eigenvalue weighted by molar-refractivity contribution is -0.141. The van der Waals surface area contributed by atoms with Crippen molar-refractivity contribution in [3.8, 4) is 0 Å². The molecule has 4 heteroatoms. The summed E-state index contributed by atoms with van der Waals surface area (Å²) in [5.74, 6) is -0.0168. The Morgan fingerprint density at radius 2 is 2.00 bits per heavy atom. The number of carbonyl (C=O) groups is 1. The normalized spacial score (nSPS) is 11.6. The molecular weight excluding hydrogens is 156 g/mol. The molecule has 0 heterocycles. The number of nitrogens with two attached hydrogens (primary N) is 1. The Morgan fingerprint density at radius 1 is 1.50 bits per heavy atom. The van der Waals surface area contributed by atoms with Crippen LogP contribution in [0.25, 0.3) is 0 Å². The van der Waals surface area contributed by atoms with E-state index in [4.69, 9.17) is 10.5 Å². The van der Waals surface area contributed by atoms with Gasteiger partial charge < -0.3 is 15.4 Å². The third kappa shape index (κ3) is 4.60. The zero-order chi connectivity index (χ0) is 9.72. The predicted octanol–water partition coefficient (Wildman–Crippen LogP) is 0.300. The number of ether oxygens (including phenoxy) is 1. The summed E-state index contributed by atoms with van der Waals surface area (Å²) in [7, 11) is 3.52. The van der Waals surface area contributed by atoms with E-state index in [1.807, 2.05) is 0 Å². The van der Waals surface area contributed by atoms with Gasteiger partial charge in [0, 0.05) is 14.1 Å². The van der Waals surface area contributed by atoms with Gasteiger partial charge in [-0.1, -0.05) is 0 Å². The molecule has 0 aliphatic carbocycles. The summed E-state index contributed by atoms with van der Waals surface area (Å²) in [6, 6.07) is 0. The van der Waals surface area contributed by atoms with Crippen molar-refractivity contribution in [3.63, 3.8) is 0 Å². The van der Waals surface area contributed by atoms with Crippen LogP contribution in [-0.4, -0.2) is 31.1 Å². The Morgan fingerprint density at radius 3 is 2.33 bits per heavy atom. The first-order valence-electron chi connectivity index (χ1n) is 3.78. The van der Waals surface area contributed by atoms with Gasteiger partial charge in [-0.3, -0.25) is 0 Å². The maximum Gasteiger partial charge on any atom is 0.334 e. The first kappa shape index (κ1) is 10.8. The topological polar surface area (TPSA) is 55.6 Å². The lowest BCUT2D eigenvalue weighted by Crippen LogP contribution is -2.21. The largest absolute Gasteiger partial charge is 0.460 e. The predicted molar refractivity (Wildman–Crippen MR) is 47.2 cm³/mol. The van der Waals surface area contributed by atoms with Crippen molar-refractivity contribution in [2.45, 2.75) is 20.0 Å². The van der Waals surface area contributed by atoms with E-state index in [0.29, 0.717) is 5.82 Å². The molecule has 12 heavy (non-hydrogen) atoms. The van der Waals surface area contributed by atoms with Crippen LogP contribution in [0.15, 0.2) is 11.9 Å². The summed E-state index contributed by atoms with van der Waals surface area (Å²) < 4.78 is 4.85. The zero-order valence-electron chi connectivity index (χ0n) is 8.00. The number of esters is 1. The quantitative estimate of drug-likeness (QED) is 0.491. The fraction of sp³-hybridized carbons (Fsp3) is 0.625. The smallest absolute Gasteiger partial charge is 0.334 e. The van der Waals surface area contributed by atoms with Gasteiger partial charge in [-0.2, -0.15) is 0 Å². The molecule has 0 aromatic carbocycles. The monoisotopic (exact) mass is 172 g/mol. The van der Waals surface area contributed by atoms with E-state index in [0.717, 1.165) is 0 Å². The summed E-state index contributed by atoms with van der Waals surface area (Å²) >= 11 is 0. The molecule has 0 rings (SSSR count). The maximum absolute atomic E-state index is 11.0. The molecule has 4 nitrogen and oxygen atoms in total. The second kappa shape index (κ2) is 4.64. The molecule has 0 aliphatic rings. The lowest BCUT2D eigenvalue weighted by Gasteiger charge is -2.12. The second-order valence-electron chi connectivity index (χ2n) is 2.95. The zero-order valence-corrected chi connectivity index (χ0v) is 8.00. The molecule has 0 aromatic heterocycles. The summed E-state index contributed by atoms with van der Waals surface area (Å²) in [4.78, 5) is 12.6. The summed E-state index contributed by atoms with van der Waals surface area (Å²) in [5.41, 5.74) is 5.48. The van der Waals surface area contributed by atoms with Crippen LogP contribution in [0.3, 0.4) is 0 Å². The van der Waals surface area contributed by atoms with Crippen LogP contribution in [0.4, 0.5) is 0 Å². The number of nitrogens with zero attached hydrogens (tertiary/aromatic N) is 1. The van der Waals surface area contributed by atoms with Gasteiger partial charge >= 0.3 is 5.97 Å². The van der Waals surface area contributed by atoms with Gasteiger partial charge in [0.2, 0.25) is 0 Å². The Bertz CT molecular complexity index is 185. The molecule has 0 aromatic rings. The van der Waals surface area contributed by atoms with Gasteiger partial charge in [0.1, 0.15) is 5.82 Å². The highest BCUT2D eigenvalue weighted by Crippen LogP contribution is 1.94. The van der Waals surface area contributed by atoms with E-state index in [1.54, 1.807) is 32.8 Å². The lowest BCUT2D eigenvalue weighted by atomic mass is 10.4. The van der Waals surface area contributed by atoms with E-state index in [9.17, 15) is 4.79 Å². The third-order valence-corrected chi connectivity index (χ3v) is 1.13. The van der Waals surface area contributed by atoms with Crippen molar-refractivity contribution in [2.75, 3.05) is 14.1 Å². The second-order valence-corrected chi connectivity index (χ2v) is 2.95. The van der Waals surface area contributed by atoms with E-state index in [1.165, 1.54) is 6.08 Å². The Labute approximate surface area is 73.0 Å². The van der Waals surface area contributed by atoms with Crippen molar-refractivity contribution in [2.24, 2.45) is 5.73 Å². The third-order valence-electron chi connectivity index (χ3n) is 1.13. The molecule has 0 saturated carbocycles. The molecule has 0 spiro atoms. The molecule has 0 atom stereocenters. The van der Waals surface area contributed by atoms with E-state index in [2.05, 4.69) is 0 Å². The van der Waals surface area contributed by atoms with Gasteiger partial charge in [0.05, 0.1) is 12.2 Å².